The average molecular weight is 214 g/mol. The van der Waals surface area contributed by atoms with Crippen LogP contribution in [0.1, 0.15) is 6.92 Å². The summed E-state index contributed by atoms with van der Waals surface area (Å²) in [4.78, 5) is 9.32. The van der Waals surface area contributed by atoms with Crippen molar-refractivity contribution in [3.05, 3.63) is 12.0 Å². The van der Waals surface area contributed by atoms with Crippen molar-refractivity contribution in [2.75, 3.05) is 37.0 Å². The monoisotopic (exact) mass is 214 g/mol. The Morgan fingerprint density at radius 3 is 2.93 bits per heavy atom. The van der Waals surface area contributed by atoms with E-state index < -0.39 is 5.82 Å². The maximum atomic E-state index is 13.3. The van der Waals surface area contributed by atoms with Crippen LogP contribution in [0.15, 0.2) is 6.20 Å². The van der Waals surface area contributed by atoms with Gasteiger partial charge < -0.3 is 15.3 Å². The van der Waals surface area contributed by atoms with Crippen molar-refractivity contribution in [1.29, 1.82) is 0 Å². The molecule has 0 unspecified atom stereocenters. The molecule has 0 fully saturated rings. The fourth-order valence-corrected chi connectivity index (χ4v) is 1.13. The Morgan fingerprint density at radius 2 is 2.33 bits per heavy atom. The second-order valence-corrected chi connectivity index (χ2v) is 3.04. The summed E-state index contributed by atoms with van der Waals surface area (Å²) in [6, 6.07) is 0. The summed E-state index contributed by atoms with van der Waals surface area (Å²) in [6.07, 6.45) is 1.12. The second-order valence-electron chi connectivity index (χ2n) is 3.04. The first-order chi connectivity index (χ1) is 7.19. The highest BCUT2D eigenvalue weighted by atomic mass is 19.1. The molecule has 5 nitrogen and oxygen atoms in total. The number of hydrogen-bond donors (Lipinski definition) is 2. The Kier molecular flexibility index (Phi) is 4.23. The molecular weight excluding hydrogens is 199 g/mol. The average Bonchev–Trinajstić information content (AvgIpc) is 2.21. The smallest absolute Gasteiger partial charge is 0.224 e. The Hall–Kier alpha value is -1.43. The van der Waals surface area contributed by atoms with Gasteiger partial charge in [0, 0.05) is 20.1 Å². The third kappa shape index (κ3) is 3.02. The van der Waals surface area contributed by atoms with E-state index in [2.05, 4.69) is 15.3 Å². The molecule has 15 heavy (non-hydrogen) atoms. The Morgan fingerprint density at radius 1 is 1.60 bits per heavy atom. The number of aliphatic hydroxyl groups excluding tert-OH is 1. The summed E-state index contributed by atoms with van der Waals surface area (Å²) in [7, 11) is 1.66. The van der Waals surface area contributed by atoms with Gasteiger partial charge in [-0.25, -0.2) is 9.37 Å². The molecule has 1 rings (SSSR count). The zero-order valence-corrected chi connectivity index (χ0v) is 8.87. The van der Waals surface area contributed by atoms with Crippen molar-refractivity contribution in [2.24, 2.45) is 0 Å². The molecule has 0 saturated carbocycles. The highest BCUT2D eigenvalue weighted by Gasteiger charge is 2.10. The first kappa shape index (κ1) is 11.6. The number of aliphatic hydroxyl groups is 1. The molecule has 0 saturated heterocycles. The topological polar surface area (TPSA) is 61.3 Å². The van der Waals surface area contributed by atoms with Crippen LogP contribution >= 0.6 is 0 Å². The van der Waals surface area contributed by atoms with E-state index in [1.54, 1.807) is 7.05 Å². The van der Waals surface area contributed by atoms with Crippen LogP contribution in [0.25, 0.3) is 0 Å². The summed E-state index contributed by atoms with van der Waals surface area (Å²) in [5.74, 6) is 0.0845. The third-order valence-electron chi connectivity index (χ3n) is 1.86. The highest BCUT2D eigenvalue weighted by molar-refractivity contribution is 5.43. The maximum Gasteiger partial charge on any atom is 0.224 e. The predicted octanol–water partition coefficient (Wildman–Crippen LogP) is 0.476. The van der Waals surface area contributed by atoms with Gasteiger partial charge >= 0.3 is 0 Å². The lowest BCUT2D eigenvalue weighted by Crippen LogP contribution is -2.24. The minimum absolute atomic E-state index is 0.0452. The van der Waals surface area contributed by atoms with E-state index >= 15 is 0 Å². The van der Waals surface area contributed by atoms with Crippen molar-refractivity contribution in [3.63, 3.8) is 0 Å². The van der Waals surface area contributed by atoms with Crippen LogP contribution in [0.3, 0.4) is 0 Å². The molecule has 0 aliphatic carbocycles. The molecule has 6 heteroatoms. The van der Waals surface area contributed by atoms with Crippen LogP contribution in [-0.4, -0.2) is 41.8 Å². The molecule has 0 amide bonds. The molecule has 0 spiro atoms. The molecule has 0 aliphatic heterocycles. The molecule has 0 bridgehead atoms. The van der Waals surface area contributed by atoms with Crippen molar-refractivity contribution < 1.29 is 9.50 Å². The lowest BCUT2D eigenvalue weighted by atomic mass is 10.4. The van der Waals surface area contributed by atoms with Gasteiger partial charge in [0.15, 0.2) is 11.6 Å². The van der Waals surface area contributed by atoms with E-state index in [-0.39, 0.29) is 12.4 Å². The normalized spacial score (nSPS) is 10.1. The molecule has 0 aromatic carbocycles. The van der Waals surface area contributed by atoms with Crippen LogP contribution in [-0.2, 0) is 0 Å². The Bertz CT molecular complexity index is 321. The molecule has 0 aliphatic rings. The third-order valence-corrected chi connectivity index (χ3v) is 1.86. The van der Waals surface area contributed by atoms with Gasteiger partial charge in [0.25, 0.3) is 0 Å². The van der Waals surface area contributed by atoms with Gasteiger partial charge in [-0.2, -0.15) is 4.98 Å². The zero-order valence-electron chi connectivity index (χ0n) is 8.87. The Labute approximate surface area is 88.0 Å². The van der Waals surface area contributed by atoms with Gasteiger partial charge in [-0.1, -0.05) is 0 Å². The van der Waals surface area contributed by atoms with Gasteiger partial charge in [0.1, 0.15) is 0 Å². The van der Waals surface area contributed by atoms with Crippen LogP contribution in [0.5, 0.6) is 0 Å². The van der Waals surface area contributed by atoms with Crippen molar-refractivity contribution in [3.8, 4) is 0 Å². The van der Waals surface area contributed by atoms with Gasteiger partial charge in [-0.3, -0.25) is 0 Å². The van der Waals surface area contributed by atoms with E-state index in [1.165, 1.54) is 4.90 Å². The molecule has 0 atom stereocenters. The number of aromatic nitrogens is 2. The summed E-state index contributed by atoms with van der Waals surface area (Å²) >= 11 is 0. The summed E-state index contributed by atoms with van der Waals surface area (Å²) < 4.78 is 13.3. The minimum Gasteiger partial charge on any atom is -0.395 e. The van der Waals surface area contributed by atoms with Crippen molar-refractivity contribution in [1.82, 2.24) is 9.97 Å². The highest BCUT2D eigenvalue weighted by Crippen LogP contribution is 2.15. The number of anilines is 2. The van der Waals surface area contributed by atoms with Gasteiger partial charge in [-0.05, 0) is 6.92 Å². The van der Waals surface area contributed by atoms with Crippen molar-refractivity contribution in [2.45, 2.75) is 6.92 Å². The molecule has 1 aromatic rings. The SMILES string of the molecule is CCNc1ncc(F)c(N(C)CCO)n1. The first-order valence-corrected chi connectivity index (χ1v) is 4.77. The molecule has 2 N–H and O–H groups in total. The Balaban J connectivity index is 2.89. The number of rotatable bonds is 5. The number of halogens is 1. The fraction of sp³-hybridized carbons (Fsp3) is 0.556. The van der Waals surface area contributed by atoms with Crippen LogP contribution in [0.4, 0.5) is 16.2 Å². The van der Waals surface area contributed by atoms with Gasteiger partial charge in [0.05, 0.1) is 12.8 Å². The fourth-order valence-electron chi connectivity index (χ4n) is 1.13. The van der Waals surface area contributed by atoms with E-state index in [4.69, 9.17) is 5.11 Å². The molecule has 84 valence electrons. The number of nitrogens with zero attached hydrogens (tertiary/aromatic N) is 3. The van der Waals surface area contributed by atoms with E-state index in [0.29, 0.717) is 19.0 Å². The number of nitrogens with one attached hydrogen (secondary N) is 1. The first-order valence-electron chi connectivity index (χ1n) is 4.77. The van der Waals surface area contributed by atoms with E-state index in [9.17, 15) is 4.39 Å². The van der Waals surface area contributed by atoms with Crippen LogP contribution < -0.4 is 10.2 Å². The summed E-state index contributed by atoms with van der Waals surface area (Å²) in [5.41, 5.74) is 0. The number of hydrogen-bond acceptors (Lipinski definition) is 5. The van der Waals surface area contributed by atoms with Gasteiger partial charge in [-0.15, -0.1) is 0 Å². The van der Waals surface area contributed by atoms with E-state index in [1.807, 2.05) is 6.92 Å². The predicted molar refractivity (Wildman–Crippen MR) is 56.5 cm³/mol. The standard InChI is InChI=1S/C9H15FN4O/c1-3-11-9-12-6-7(10)8(13-9)14(2)4-5-15/h6,15H,3-5H2,1-2H3,(H,11,12,13). The number of likely N-dealkylation sites (N-methyl/N-ethyl adjacent to an activating group) is 1. The summed E-state index contributed by atoms with van der Waals surface area (Å²) in [6.45, 7) is 2.87. The van der Waals surface area contributed by atoms with Crippen molar-refractivity contribution >= 4 is 11.8 Å². The molecule has 0 radical (unpaired) electrons. The quantitative estimate of drug-likeness (QED) is 0.746. The molecule has 1 heterocycles. The van der Waals surface area contributed by atoms with Crippen LogP contribution in [0.2, 0.25) is 0 Å². The van der Waals surface area contributed by atoms with Gasteiger partial charge in [0.2, 0.25) is 5.95 Å². The molecular formula is C9H15FN4O. The molecule has 1 aromatic heterocycles. The van der Waals surface area contributed by atoms with Crippen LogP contribution in [0, 0.1) is 5.82 Å². The zero-order chi connectivity index (χ0) is 11.3. The maximum absolute atomic E-state index is 13.3. The summed E-state index contributed by atoms with van der Waals surface area (Å²) in [5, 5.41) is 11.6. The largest absolute Gasteiger partial charge is 0.395 e. The minimum atomic E-state index is -0.493. The lowest BCUT2D eigenvalue weighted by Gasteiger charge is -2.17. The lowest BCUT2D eigenvalue weighted by molar-refractivity contribution is 0.303. The second kappa shape index (κ2) is 5.45. The van der Waals surface area contributed by atoms with E-state index in [0.717, 1.165) is 6.20 Å².